The number of amides is 1. The van der Waals surface area contributed by atoms with Gasteiger partial charge >= 0.3 is 0 Å². The number of benzene rings is 2. The number of nitrogens with one attached hydrogen (secondary N) is 1. The van der Waals surface area contributed by atoms with Crippen molar-refractivity contribution in [2.75, 3.05) is 26.7 Å². The summed E-state index contributed by atoms with van der Waals surface area (Å²) < 4.78 is 23.9. The van der Waals surface area contributed by atoms with Crippen LogP contribution in [0.15, 0.2) is 47.0 Å². The minimum atomic E-state index is -0.271. The van der Waals surface area contributed by atoms with E-state index in [1.807, 2.05) is 12.1 Å². The van der Waals surface area contributed by atoms with Crippen molar-refractivity contribution < 1.29 is 18.4 Å². The van der Waals surface area contributed by atoms with Gasteiger partial charge in [0.2, 0.25) is 17.6 Å². The van der Waals surface area contributed by atoms with Crippen LogP contribution in [0.25, 0.3) is 11.4 Å². The van der Waals surface area contributed by atoms with Gasteiger partial charge in [-0.1, -0.05) is 17.3 Å². The SMILES string of the molecule is COc1ccc(CN2CCC(CNC(=O)CCc3nc(-c4ccc(F)c(C)c4)no3)CC2)cc1. The van der Waals surface area contributed by atoms with Crippen LogP contribution in [-0.2, 0) is 17.8 Å². The van der Waals surface area contributed by atoms with Crippen LogP contribution in [0.2, 0.25) is 0 Å². The van der Waals surface area contributed by atoms with Gasteiger partial charge < -0.3 is 14.6 Å². The number of carbonyl (C=O) groups is 1. The van der Waals surface area contributed by atoms with Crippen molar-refractivity contribution in [3.05, 3.63) is 65.3 Å². The molecule has 1 saturated heterocycles. The predicted molar refractivity (Wildman–Crippen MR) is 127 cm³/mol. The molecule has 4 rings (SSSR count). The molecular weight excluding hydrogens is 435 g/mol. The predicted octanol–water partition coefficient (Wildman–Crippen LogP) is 4.15. The fourth-order valence-electron chi connectivity index (χ4n) is 4.16. The minimum absolute atomic E-state index is 0.0157. The number of rotatable bonds is 9. The molecule has 0 unspecified atom stereocenters. The summed E-state index contributed by atoms with van der Waals surface area (Å²) in [5.74, 6) is 1.89. The normalized spacial score (nSPS) is 14.8. The van der Waals surface area contributed by atoms with Gasteiger partial charge in [-0.05, 0) is 80.2 Å². The second-order valence-electron chi connectivity index (χ2n) is 8.85. The van der Waals surface area contributed by atoms with Gasteiger partial charge in [0, 0.05) is 31.5 Å². The van der Waals surface area contributed by atoms with Crippen molar-refractivity contribution in [2.45, 2.75) is 39.2 Å². The molecule has 180 valence electrons. The molecule has 1 aliphatic heterocycles. The molecule has 1 N–H and O–H groups in total. The molecule has 7 nitrogen and oxygen atoms in total. The third kappa shape index (κ3) is 6.41. The summed E-state index contributed by atoms with van der Waals surface area (Å²) in [7, 11) is 1.68. The lowest BCUT2D eigenvalue weighted by atomic mass is 9.96. The molecular formula is C26H31FN4O3. The number of nitrogens with zero attached hydrogens (tertiary/aromatic N) is 3. The van der Waals surface area contributed by atoms with Crippen molar-refractivity contribution in [3.8, 4) is 17.1 Å². The Balaban J connectivity index is 1.15. The van der Waals surface area contributed by atoms with Gasteiger partial charge in [-0.15, -0.1) is 0 Å². The average molecular weight is 467 g/mol. The van der Waals surface area contributed by atoms with Gasteiger partial charge in [0.1, 0.15) is 11.6 Å². The highest BCUT2D eigenvalue weighted by Crippen LogP contribution is 2.21. The van der Waals surface area contributed by atoms with E-state index in [9.17, 15) is 9.18 Å². The van der Waals surface area contributed by atoms with E-state index < -0.39 is 0 Å². The topological polar surface area (TPSA) is 80.5 Å². The molecule has 0 atom stereocenters. The number of likely N-dealkylation sites (tertiary alicyclic amines) is 1. The van der Waals surface area contributed by atoms with Crippen molar-refractivity contribution in [2.24, 2.45) is 5.92 Å². The Labute approximate surface area is 199 Å². The highest BCUT2D eigenvalue weighted by Gasteiger charge is 2.20. The molecule has 1 aromatic heterocycles. The maximum absolute atomic E-state index is 13.5. The van der Waals surface area contributed by atoms with Crippen LogP contribution >= 0.6 is 0 Å². The summed E-state index contributed by atoms with van der Waals surface area (Å²) in [6, 6.07) is 12.9. The van der Waals surface area contributed by atoms with Crippen LogP contribution in [0.4, 0.5) is 4.39 Å². The van der Waals surface area contributed by atoms with Crippen molar-refractivity contribution in [3.63, 3.8) is 0 Å². The maximum atomic E-state index is 13.5. The standard InChI is InChI=1S/C26H31FN4O3/c1-18-15-21(5-8-23(18)27)26-29-25(34-30-26)10-9-24(32)28-16-19-11-13-31(14-12-19)17-20-3-6-22(33-2)7-4-20/h3-8,15,19H,9-14,16-17H2,1-2H3,(H,28,32). The number of carbonyl (C=O) groups excluding carboxylic acids is 1. The lowest BCUT2D eigenvalue weighted by molar-refractivity contribution is -0.121. The van der Waals surface area contributed by atoms with E-state index >= 15 is 0 Å². The number of aromatic nitrogens is 2. The summed E-state index contributed by atoms with van der Waals surface area (Å²) in [6.07, 6.45) is 2.81. The van der Waals surface area contributed by atoms with E-state index in [2.05, 4.69) is 32.5 Å². The molecule has 2 aromatic carbocycles. The van der Waals surface area contributed by atoms with Crippen molar-refractivity contribution >= 4 is 5.91 Å². The zero-order valence-electron chi connectivity index (χ0n) is 19.7. The third-order valence-electron chi connectivity index (χ3n) is 6.31. The van der Waals surface area contributed by atoms with E-state index in [0.717, 1.165) is 38.2 Å². The van der Waals surface area contributed by atoms with Crippen LogP contribution in [-0.4, -0.2) is 47.7 Å². The molecule has 8 heteroatoms. The molecule has 3 aromatic rings. The third-order valence-corrected chi connectivity index (χ3v) is 6.31. The molecule has 1 aliphatic rings. The van der Waals surface area contributed by atoms with Gasteiger partial charge in [0.15, 0.2) is 0 Å². The Bertz CT molecular complexity index is 1090. The molecule has 1 amide bonds. The van der Waals surface area contributed by atoms with Gasteiger partial charge in [0.05, 0.1) is 7.11 Å². The molecule has 1 fully saturated rings. The molecule has 0 bridgehead atoms. The molecule has 0 aliphatic carbocycles. The van der Waals surface area contributed by atoms with Crippen LogP contribution in [0.5, 0.6) is 5.75 Å². The Morgan fingerprint density at radius 2 is 1.97 bits per heavy atom. The Kier molecular flexibility index (Phi) is 7.90. The zero-order chi connectivity index (χ0) is 23.9. The van der Waals surface area contributed by atoms with Crippen LogP contribution < -0.4 is 10.1 Å². The number of piperidine rings is 1. The number of ether oxygens (including phenoxy) is 1. The van der Waals surface area contributed by atoms with E-state index in [1.165, 1.54) is 11.6 Å². The number of hydrogen-bond donors (Lipinski definition) is 1. The van der Waals surface area contributed by atoms with Gasteiger partial charge in [0.25, 0.3) is 0 Å². The molecule has 0 radical (unpaired) electrons. The molecule has 0 spiro atoms. The Morgan fingerprint density at radius 3 is 2.68 bits per heavy atom. The van der Waals surface area contributed by atoms with Gasteiger partial charge in [-0.2, -0.15) is 4.98 Å². The van der Waals surface area contributed by atoms with Gasteiger partial charge in [-0.25, -0.2) is 4.39 Å². The first-order valence-corrected chi connectivity index (χ1v) is 11.7. The van der Waals surface area contributed by atoms with Gasteiger partial charge in [-0.3, -0.25) is 9.69 Å². The zero-order valence-corrected chi connectivity index (χ0v) is 19.7. The minimum Gasteiger partial charge on any atom is -0.497 e. The van der Waals surface area contributed by atoms with Crippen LogP contribution in [0, 0.1) is 18.7 Å². The highest BCUT2D eigenvalue weighted by molar-refractivity contribution is 5.76. The lowest BCUT2D eigenvalue weighted by Crippen LogP contribution is -2.38. The number of aryl methyl sites for hydroxylation is 2. The average Bonchev–Trinajstić information content (AvgIpc) is 3.33. The fraction of sp³-hybridized carbons (Fsp3) is 0.423. The first kappa shape index (κ1) is 23.9. The Hall–Kier alpha value is -3.26. The first-order valence-electron chi connectivity index (χ1n) is 11.7. The quantitative estimate of drug-likeness (QED) is 0.510. The van der Waals surface area contributed by atoms with Crippen LogP contribution in [0.3, 0.4) is 0 Å². The molecule has 2 heterocycles. The second-order valence-corrected chi connectivity index (χ2v) is 8.85. The Morgan fingerprint density at radius 1 is 1.21 bits per heavy atom. The summed E-state index contributed by atoms with van der Waals surface area (Å²) >= 11 is 0. The molecule has 0 saturated carbocycles. The smallest absolute Gasteiger partial charge is 0.227 e. The largest absolute Gasteiger partial charge is 0.497 e. The van der Waals surface area contributed by atoms with Crippen LogP contribution in [0.1, 0.15) is 36.3 Å². The second kappa shape index (κ2) is 11.2. The summed E-state index contributed by atoms with van der Waals surface area (Å²) in [4.78, 5) is 19.1. The number of hydrogen-bond acceptors (Lipinski definition) is 6. The summed E-state index contributed by atoms with van der Waals surface area (Å²) in [5, 5.41) is 7.00. The van der Waals surface area contributed by atoms with E-state index in [-0.39, 0.29) is 11.7 Å². The van der Waals surface area contributed by atoms with Crippen molar-refractivity contribution in [1.29, 1.82) is 0 Å². The summed E-state index contributed by atoms with van der Waals surface area (Å²) in [6.45, 7) is 5.38. The fourth-order valence-corrected chi connectivity index (χ4v) is 4.16. The molecule has 34 heavy (non-hydrogen) atoms. The van der Waals surface area contributed by atoms with E-state index in [4.69, 9.17) is 9.26 Å². The highest BCUT2D eigenvalue weighted by atomic mass is 19.1. The number of halogens is 1. The van der Waals surface area contributed by atoms with E-state index in [1.54, 1.807) is 26.2 Å². The maximum Gasteiger partial charge on any atom is 0.227 e. The lowest BCUT2D eigenvalue weighted by Gasteiger charge is -2.32. The first-order chi connectivity index (χ1) is 16.5. The number of methoxy groups -OCH3 is 1. The monoisotopic (exact) mass is 466 g/mol. The van der Waals surface area contributed by atoms with E-state index in [0.29, 0.717) is 48.1 Å². The van der Waals surface area contributed by atoms with Crippen molar-refractivity contribution in [1.82, 2.24) is 20.4 Å². The summed E-state index contributed by atoms with van der Waals surface area (Å²) in [5.41, 5.74) is 2.50.